The monoisotopic (exact) mass is 538 g/mol. The number of benzene rings is 3. The highest BCUT2D eigenvalue weighted by atomic mass is 79.9. The molecule has 0 N–H and O–H groups in total. The van der Waals surface area contributed by atoms with Crippen LogP contribution < -0.4 is 0 Å². The van der Waals surface area contributed by atoms with Crippen molar-refractivity contribution in [3.05, 3.63) is 98.7 Å². The maximum Gasteiger partial charge on any atom is 0.343 e. The lowest BCUT2D eigenvalue weighted by molar-refractivity contribution is 0.0693. The van der Waals surface area contributed by atoms with Crippen LogP contribution in [0.1, 0.15) is 41.6 Å². The first-order valence-corrected chi connectivity index (χ1v) is 11.4. The lowest BCUT2D eigenvalue weighted by Gasteiger charge is -2.13. The third-order valence-corrected chi connectivity index (χ3v) is 5.87. The second-order valence-corrected chi connectivity index (χ2v) is 9.17. The van der Waals surface area contributed by atoms with Crippen molar-refractivity contribution in [1.29, 1.82) is 0 Å². The normalized spacial score (nSPS) is 11.8. The first-order valence-electron chi connectivity index (χ1n) is 9.85. The van der Waals surface area contributed by atoms with E-state index in [4.69, 9.17) is 9.72 Å². The van der Waals surface area contributed by atoms with Gasteiger partial charge in [0.25, 0.3) is 0 Å². The minimum atomic E-state index is -0.422. The fourth-order valence-corrected chi connectivity index (χ4v) is 3.88. The Kier molecular flexibility index (Phi) is 6.39. The third-order valence-electron chi connectivity index (χ3n) is 4.81. The van der Waals surface area contributed by atoms with E-state index in [2.05, 4.69) is 50.3 Å². The first-order chi connectivity index (χ1) is 14.9. The molecular weight excluding hydrogens is 520 g/mol. The molecule has 0 fully saturated rings. The van der Waals surface area contributed by atoms with Gasteiger partial charge in [-0.05, 0) is 62.4 Å². The first kappa shape index (κ1) is 21.5. The highest BCUT2D eigenvalue weighted by Gasteiger charge is 2.16. The van der Waals surface area contributed by atoms with Gasteiger partial charge in [-0.2, -0.15) is 0 Å². The topological polar surface area (TPSA) is 44.1 Å². The number of esters is 1. The number of fused-ring (bicyclic) bond motifs is 1. The number of rotatable bonds is 5. The lowest BCUT2D eigenvalue weighted by atomic mass is 10.1. The zero-order valence-electron chi connectivity index (χ0n) is 17.0. The summed E-state index contributed by atoms with van der Waals surface area (Å²) in [4.78, 5) is 17.7. The van der Waals surface area contributed by atoms with Gasteiger partial charge in [0.15, 0.2) is 0 Å². The van der Waals surface area contributed by atoms with E-state index < -0.39 is 5.97 Å². The SMILES string of the molecule is CC(C)n1c(C=C(OC(=O)c2ccc(Br)cc2)c2ccc(Br)cc2)nc2ccccc21. The van der Waals surface area contributed by atoms with Gasteiger partial charge in [0, 0.05) is 26.6 Å². The number of aromatic nitrogens is 2. The number of para-hydroxylation sites is 2. The fourth-order valence-electron chi connectivity index (χ4n) is 3.36. The van der Waals surface area contributed by atoms with Crippen LogP contribution >= 0.6 is 31.9 Å². The molecule has 4 rings (SSSR count). The molecule has 4 nitrogen and oxygen atoms in total. The van der Waals surface area contributed by atoms with Crippen molar-refractivity contribution in [2.24, 2.45) is 0 Å². The van der Waals surface area contributed by atoms with Crippen LogP contribution in [0, 0.1) is 0 Å². The zero-order chi connectivity index (χ0) is 22.0. The molecule has 0 unspecified atom stereocenters. The Bertz CT molecular complexity index is 1260. The van der Waals surface area contributed by atoms with E-state index >= 15 is 0 Å². The molecule has 1 aromatic heterocycles. The van der Waals surface area contributed by atoms with Gasteiger partial charge in [0.2, 0.25) is 0 Å². The van der Waals surface area contributed by atoms with E-state index in [0.717, 1.165) is 31.4 Å². The van der Waals surface area contributed by atoms with Crippen molar-refractivity contribution in [2.45, 2.75) is 19.9 Å². The number of halogens is 2. The fraction of sp³-hybridized carbons (Fsp3) is 0.120. The Morgan fingerprint density at radius 3 is 2.10 bits per heavy atom. The summed E-state index contributed by atoms with van der Waals surface area (Å²) in [6.07, 6.45) is 1.83. The zero-order valence-corrected chi connectivity index (χ0v) is 20.2. The average Bonchev–Trinajstić information content (AvgIpc) is 3.12. The average molecular weight is 540 g/mol. The summed E-state index contributed by atoms with van der Waals surface area (Å²) in [7, 11) is 0. The van der Waals surface area contributed by atoms with Crippen LogP contribution in [-0.2, 0) is 4.74 Å². The summed E-state index contributed by atoms with van der Waals surface area (Å²) in [6.45, 7) is 4.22. The quantitative estimate of drug-likeness (QED) is 0.195. The smallest absolute Gasteiger partial charge is 0.343 e. The van der Waals surface area contributed by atoms with Crippen molar-refractivity contribution >= 4 is 60.7 Å². The van der Waals surface area contributed by atoms with Crippen LogP contribution in [0.4, 0.5) is 0 Å². The van der Waals surface area contributed by atoms with Crippen molar-refractivity contribution in [1.82, 2.24) is 9.55 Å². The predicted octanol–water partition coefficient (Wildman–Crippen LogP) is 7.50. The molecule has 0 amide bonds. The van der Waals surface area contributed by atoms with Gasteiger partial charge in [0.1, 0.15) is 11.6 Å². The number of carbonyl (C=O) groups is 1. The number of imidazole rings is 1. The van der Waals surface area contributed by atoms with Gasteiger partial charge in [-0.1, -0.05) is 56.1 Å². The van der Waals surface area contributed by atoms with E-state index in [-0.39, 0.29) is 6.04 Å². The molecule has 4 aromatic rings. The summed E-state index contributed by atoms with van der Waals surface area (Å²) in [5.41, 5.74) is 3.20. The standard InChI is InChI=1S/C25H20Br2N2O2/c1-16(2)29-22-6-4-3-5-21(22)28-24(29)15-23(17-7-11-19(26)12-8-17)31-25(30)18-9-13-20(27)14-10-18/h3-16H,1-2H3. The van der Waals surface area contributed by atoms with E-state index in [1.165, 1.54) is 0 Å². The van der Waals surface area contributed by atoms with Gasteiger partial charge < -0.3 is 9.30 Å². The molecule has 0 saturated heterocycles. The second-order valence-electron chi connectivity index (χ2n) is 7.33. The van der Waals surface area contributed by atoms with Crippen LogP contribution in [0.25, 0.3) is 22.9 Å². The molecule has 0 aliphatic heterocycles. The summed E-state index contributed by atoms with van der Waals surface area (Å²) in [5, 5.41) is 0. The Hall–Kier alpha value is -2.70. The van der Waals surface area contributed by atoms with Crippen molar-refractivity contribution < 1.29 is 9.53 Å². The molecule has 0 saturated carbocycles. The third kappa shape index (κ3) is 4.81. The predicted molar refractivity (Wildman–Crippen MR) is 132 cm³/mol. The van der Waals surface area contributed by atoms with Crippen LogP contribution in [0.15, 0.2) is 81.7 Å². The number of hydrogen-bond donors (Lipinski definition) is 0. The van der Waals surface area contributed by atoms with Gasteiger partial charge in [-0.15, -0.1) is 0 Å². The summed E-state index contributed by atoms with van der Waals surface area (Å²) in [6, 6.07) is 22.9. The lowest BCUT2D eigenvalue weighted by Crippen LogP contribution is -2.07. The van der Waals surface area contributed by atoms with Crippen molar-refractivity contribution in [3.63, 3.8) is 0 Å². The summed E-state index contributed by atoms with van der Waals surface area (Å²) in [5.74, 6) is 0.754. The van der Waals surface area contributed by atoms with Crippen LogP contribution in [0.2, 0.25) is 0 Å². The van der Waals surface area contributed by atoms with Crippen LogP contribution in [0.5, 0.6) is 0 Å². The van der Waals surface area contributed by atoms with E-state index in [1.54, 1.807) is 12.1 Å². The Labute approximate surface area is 197 Å². The molecule has 156 valence electrons. The Morgan fingerprint density at radius 1 is 0.903 bits per heavy atom. The summed E-state index contributed by atoms with van der Waals surface area (Å²) >= 11 is 6.85. The number of nitrogens with zero attached hydrogens (tertiary/aromatic N) is 2. The molecule has 0 atom stereocenters. The summed E-state index contributed by atoms with van der Waals surface area (Å²) < 4.78 is 9.87. The van der Waals surface area contributed by atoms with Gasteiger partial charge >= 0.3 is 5.97 Å². The molecular formula is C25H20Br2N2O2. The minimum Gasteiger partial charge on any atom is -0.422 e. The number of carbonyl (C=O) groups excluding carboxylic acids is 1. The van der Waals surface area contributed by atoms with E-state index in [1.807, 2.05) is 66.7 Å². The molecule has 0 spiro atoms. The van der Waals surface area contributed by atoms with Crippen molar-refractivity contribution in [3.8, 4) is 0 Å². The molecule has 0 bridgehead atoms. The number of hydrogen-bond acceptors (Lipinski definition) is 3. The minimum absolute atomic E-state index is 0.187. The highest BCUT2D eigenvalue weighted by molar-refractivity contribution is 9.10. The van der Waals surface area contributed by atoms with E-state index in [0.29, 0.717) is 11.3 Å². The van der Waals surface area contributed by atoms with Crippen molar-refractivity contribution in [2.75, 3.05) is 0 Å². The largest absolute Gasteiger partial charge is 0.422 e. The van der Waals surface area contributed by atoms with Gasteiger partial charge in [0.05, 0.1) is 16.6 Å². The van der Waals surface area contributed by atoms with Crippen LogP contribution in [-0.4, -0.2) is 15.5 Å². The Morgan fingerprint density at radius 2 is 1.48 bits per heavy atom. The molecule has 6 heteroatoms. The van der Waals surface area contributed by atoms with Crippen LogP contribution in [0.3, 0.4) is 0 Å². The molecule has 31 heavy (non-hydrogen) atoms. The number of ether oxygens (including phenoxy) is 1. The molecule has 0 aliphatic rings. The van der Waals surface area contributed by atoms with Gasteiger partial charge in [-0.3, -0.25) is 0 Å². The molecule has 1 heterocycles. The van der Waals surface area contributed by atoms with E-state index in [9.17, 15) is 4.79 Å². The Balaban J connectivity index is 1.81. The molecule has 0 radical (unpaired) electrons. The highest BCUT2D eigenvalue weighted by Crippen LogP contribution is 2.27. The second kappa shape index (κ2) is 9.20. The maximum atomic E-state index is 12.9. The maximum absolute atomic E-state index is 12.9. The molecule has 3 aromatic carbocycles. The van der Waals surface area contributed by atoms with Gasteiger partial charge in [-0.25, -0.2) is 9.78 Å². The molecule has 0 aliphatic carbocycles.